The molecule has 1 aromatic rings. The summed E-state index contributed by atoms with van der Waals surface area (Å²) in [6, 6.07) is 6.88. The smallest absolute Gasteiger partial charge is 0.0638 e. The Morgan fingerprint density at radius 1 is 1.16 bits per heavy atom. The summed E-state index contributed by atoms with van der Waals surface area (Å²) in [7, 11) is 0. The van der Waals surface area contributed by atoms with E-state index in [-0.39, 0.29) is 0 Å². The van der Waals surface area contributed by atoms with Gasteiger partial charge in [-0.25, -0.2) is 0 Å². The molecular formula is C16H23ClN2. The summed E-state index contributed by atoms with van der Waals surface area (Å²) in [5.74, 6) is 0.937. The molecule has 2 nitrogen and oxygen atoms in total. The Morgan fingerprint density at radius 2 is 1.95 bits per heavy atom. The summed E-state index contributed by atoms with van der Waals surface area (Å²) < 4.78 is 0. The summed E-state index contributed by atoms with van der Waals surface area (Å²) in [4.78, 5) is 2.68. The van der Waals surface area contributed by atoms with Gasteiger partial charge in [0.25, 0.3) is 0 Å². The Kier molecular flexibility index (Phi) is 3.99. The first kappa shape index (κ1) is 13.3. The van der Waals surface area contributed by atoms with Gasteiger partial charge in [0.15, 0.2) is 0 Å². The van der Waals surface area contributed by atoms with Crippen molar-refractivity contribution in [2.75, 3.05) is 12.3 Å². The van der Waals surface area contributed by atoms with Crippen molar-refractivity contribution in [1.29, 1.82) is 0 Å². The molecule has 0 amide bonds. The summed E-state index contributed by atoms with van der Waals surface area (Å²) in [5, 5.41) is 0.690. The Labute approximate surface area is 120 Å². The number of piperidine rings is 1. The molecular weight excluding hydrogens is 256 g/mol. The van der Waals surface area contributed by atoms with Crippen molar-refractivity contribution >= 4 is 17.3 Å². The van der Waals surface area contributed by atoms with Gasteiger partial charge >= 0.3 is 0 Å². The van der Waals surface area contributed by atoms with Crippen molar-refractivity contribution in [3.8, 4) is 0 Å². The highest BCUT2D eigenvalue weighted by atomic mass is 35.5. The second-order valence-electron chi connectivity index (χ2n) is 6.08. The van der Waals surface area contributed by atoms with E-state index in [0.717, 1.165) is 18.5 Å². The maximum Gasteiger partial charge on any atom is 0.0638 e. The molecule has 1 aliphatic carbocycles. The number of nitrogen functional groups attached to an aromatic ring is 1. The molecule has 0 spiro atoms. The van der Waals surface area contributed by atoms with Gasteiger partial charge < -0.3 is 5.73 Å². The third kappa shape index (κ3) is 2.90. The zero-order chi connectivity index (χ0) is 13.2. The molecule has 1 heterocycles. The van der Waals surface area contributed by atoms with Crippen molar-refractivity contribution in [2.24, 2.45) is 5.92 Å². The fourth-order valence-corrected chi connectivity index (χ4v) is 4.03. The van der Waals surface area contributed by atoms with Gasteiger partial charge in [0.2, 0.25) is 0 Å². The molecule has 2 aliphatic rings. The second-order valence-corrected chi connectivity index (χ2v) is 6.49. The lowest BCUT2D eigenvalue weighted by atomic mass is 9.78. The van der Waals surface area contributed by atoms with Crippen LogP contribution in [0.25, 0.3) is 0 Å². The zero-order valence-corrected chi connectivity index (χ0v) is 12.2. The fraction of sp³-hybridized carbons (Fsp3) is 0.625. The lowest BCUT2D eigenvalue weighted by Gasteiger charge is -2.44. The van der Waals surface area contributed by atoms with Gasteiger partial charge in [-0.1, -0.05) is 30.5 Å². The Hall–Kier alpha value is -0.730. The topological polar surface area (TPSA) is 29.3 Å². The molecule has 2 atom stereocenters. The van der Waals surface area contributed by atoms with Crippen molar-refractivity contribution in [3.63, 3.8) is 0 Å². The monoisotopic (exact) mass is 278 g/mol. The number of benzene rings is 1. The van der Waals surface area contributed by atoms with Gasteiger partial charge in [-0.05, 0) is 55.8 Å². The molecule has 2 fully saturated rings. The number of hydrogen-bond acceptors (Lipinski definition) is 2. The van der Waals surface area contributed by atoms with E-state index in [4.69, 9.17) is 17.3 Å². The van der Waals surface area contributed by atoms with Crippen molar-refractivity contribution < 1.29 is 0 Å². The maximum absolute atomic E-state index is 6.13. The Balaban J connectivity index is 1.72. The normalized spacial score (nSPS) is 28.1. The minimum Gasteiger partial charge on any atom is -0.398 e. The van der Waals surface area contributed by atoms with Crippen LogP contribution in [-0.4, -0.2) is 17.5 Å². The van der Waals surface area contributed by atoms with E-state index in [1.807, 2.05) is 12.1 Å². The predicted octanol–water partition coefficient (Wildman–Crippen LogP) is 4.08. The molecule has 3 heteroatoms. The average molecular weight is 279 g/mol. The number of fused-ring (bicyclic) bond motifs is 1. The van der Waals surface area contributed by atoms with E-state index >= 15 is 0 Å². The van der Waals surface area contributed by atoms with Crippen LogP contribution >= 0.6 is 11.6 Å². The molecule has 3 rings (SSSR count). The van der Waals surface area contributed by atoms with E-state index in [9.17, 15) is 0 Å². The molecule has 0 radical (unpaired) electrons. The highest BCUT2D eigenvalue weighted by molar-refractivity contribution is 6.33. The number of anilines is 1. The van der Waals surface area contributed by atoms with Crippen LogP contribution in [0.5, 0.6) is 0 Å². The van der Waals surface area contributed by atoms with Crippen LogP contribution in [0.2, 0.25) is 5.02 Å². The molecule has 0 bridgehead atoms. The third-order valence-corrected chi connectivity index (χ3v) is 5.14. The first-order valence-electron chi connectivity index (χ1n) is 7.52. The van der Waals surface area contributed by atoms with Crippen molar-refractivity contribution in [3.05, 3.63) is 28.8 Å². The predicted molar refractivity (Wildman–Crippen MR) is 81.3 cm³/mol. The van der Waals surface area contributed by atoms with Crippen LogP contribution in [0.4, 0.5) is 5.69 Å². The van der Waals surface area contributed by atoms with Crippen LogP contribution in [0.3, 0.4) is 0 Å². The first-order valence-corrected chi connectivity index (χ1v) is 7.90. The van der Waals surface area contributed by atoms with Gasteiger partial charge in [0, 0.05) is 12.6 Å². The molecule has 1 saturated carbocycles. The van der Waals surface area contributed by atoms with E-state index in [1.54, 1.807) is 0 Å². The standard InChI is InChI=1S/C16H23ClN2/c17-14-10-12(7-8-15(14)18)11-19-9-3-5-13-4-1-2-6-16(13)19/h7-8,10,13,16H,1-6,9,11,18H2/t13-,16-/m1/s1. The summed E-state index contributed by atoms with van der Waals surface area (Å²) >= 11 is 6.13. The fourth-order valence-electron chi connectivity index (χ4n) is 3.83. The van der Waals surface area contributed by atoms with Crippen molar-refractivity contribution in [2.45, 2.75) is 51.1 Å². The van der Waals surface area contributed by atoms with Crippen LogP contribution in [-0.2, 0) is 6.54 Å². The zero-order valence-electron chi connectivity index (χ0n) is 11.4. The van der Waals surface area contributed by atoms with E-state index < -0.39 is 0 Å². The van der Waals surface area contributed by atoms with E-state index in [1.165, 1.54) is 50.6 Å². The van der Waals surface area contributed by atoms with Gasteiger partial charge in [0.05, 0.1) is 10.7 Å². The lowest BCUT2D eigenvalue weighted by Crippen LogP contribution is -2.46. The largest absolute Gasteiger partial charge is 0.398 e. The molecule has 1 saturated heterocycles. The van der Waals surface area contributed by atoms with Gasteiger partial charge in [-0.2, -0.15) is 0 Å². The molecule has 1 aliphatic heterocycles. The van der Waals surface area contributed by atoms with Crippen LogP contribution in [0, 0.1) is 5.92 Å². The van der Waals surface area contributed by atoms with E-state index in [0.29, 0.717) is 10.7 Å². The Bertz CT molecular complexity index is 444. The third-order valence-electron chi connectivity index (χ3n) is 4.81. The molecule has 19 heavy (non-hydrogen) atoms. The molecule has 104 valence electrons. The highest BCUT2D eigenvalue weighted by Crippen LogP contribution is 2.36. The molecule has 0 unspecified atom stereocenters. The van der Waals surface area contributed by atoms with Gasteiger partial charge in [0.1, 0.15) is 0 Å². The number of rotatable bonds is 2. The number of hydrogen-bond donors (Lipinski definition) is 1. The van der Waals surface area contributed by atoms with Crippen molar-refractivity contribution in [1.82, 2.24) is 4.90 Å². The minimum atomic E-state index is 0.680. The SMILES string of the molecule is Nc1ccc(CN2CCC[C@H]3CCCC[C@H]32)cc1Cl. The molecule has 1 aromatic carbocycles. The van der Waals surface area contributed by atoms with Crippen LogP contribution in [0.15, 0.2) is 18.2 Å². The number of nitrogens with zero attached hydrogens (tertiary/aromatic N) is 1. The molecule has 2 N–H and O–H groups in total. The number of nitrogens with two attached hydrogens (primary N) is 1. The van der Waals surface area contributed by atoms with Crippen LogP contribution in [0.1, 0.15) is 44.1 Å². The first-order chi connectivity index (χ1) is 9.24. The van der Waals surface area contributed by atoms with Crippen LogP contribution < -0.4 is 5.73 Å². The minimum absolute atomic E-state index is 0.680. The summed E-state index contributed by atoms with van der Waals surface area (Å²) in [6.45, 7) is 2.27. The summed E-state index contributed by atoms with van der Waals surface area (Å²) in [6.07, 6.45) is 8.44. The quantitative estimate of drug-likeness (QED) is 0.826. The maximum atomic E-state index is 6.13. The summed E-state index contributed by atoms with van der Waals surface area (Å²) in [5.41, 5.74) is 7.76. The highest BCUT2D eigenvalue weighted by Gasteiger charge is 2.32. The molecule has 0 aromatic heterocycles. The van der Waals surface area contributed by atoms with E-state index in [2.05, 4.69) is 11.0 Å². The average Bonchev–Trinajstić information content (AvgIpc) is 2.43. The van der Waals surface area contributed by atoms with Gasteiger partial charge in [-0.3, -0.25) is 4.90 Å². The second kappa shape index (κ2) is 5.72. The Morgan fingerprint density at radius 3 is 2.79 bits per heavy atom. The number of halogens is 1. The lowest BCUT2D eigenvalue weighted by molar-refractivity contribution is 0.0547. The van der Waals surface area contributed by atoms with Gasteiger partial charge in [-0.15, -0.1) is 0 Å². The number of likely N-dealkylation sites (tertiary alicyclic amines) is 1.